The lowest BCUT2D eigenvalue weighted by atomic mass is 9.86. The van der Waals surface area contributed by atoms with Crippen LogP contribution < -0.4 is 0 Å². The zero-order valence-corrected chi connectivity index (χ0v) is 21.1. The summed E-state index contributed by atoms with van der Waals surface area (Å²) in [6, 6.07) is -0.356. The van der Waals surface area contributed by atoms with Gasteiger partial charge in [-0.2, -0.15) is 0 Å². The van der Waals surface area contributed by atoms with Gasteiger partial charge in [0.1, 0.15) is 25.7 Å². The zero-order chi connectivity index (χ0) is 20.3. The molecule has 2 radical (unpaired) electrons. The smallest absolute Gasteiger partial charge is 0.192 e. The molecule has 0 aromatic carbocycles. The zero-order valence-electron chi connectivity index (χ0n) is 20.1. The third-order valence-corrected chi connectivity index (χ3v) is 11.0. The maximum absolute atomic E-state index is 6.59. The number of rotatable bonds is 6. The van der Waals surface area contributed by atoms with Crippen molar-refractivity contribution in [3.63, 3.8) is 0 Å². The van der Waals surface area contributed by atoms with Crippen LogP contribution in [0.4, 0.5) is 14.1 Å². The summed E-state index contributed by atoms with van der Waals surface area (Å²) < 4.78 is 18.5. The Morgan fingerprint density at radius 1 is 1.07 bits per heavy atom. The van der Waals surface area contributed by atoms with Crippen LogP contribution in [0.25, 0.3) is 0 Å². The minimum atomic E-state index is -1.85. The lowest BCUT2D eigenvalue weighted by molar-refractivity contribution is -0.137. The monoisotopic (exact) mass is 443 g/mol. The van der Waals surface area contributed by atoms with Crippen molar-refractivity contribution in [1.29, 1.82) is 0 Å². The van der Waals surface area contributed by atoms with Crippen LogP contribution in [-0.2, 0) is 13.9 Å². The highest BCUT2D eigenvalue weighted by Gasteiger charge is 2.63. The molecule has 0 amide bonds. The van der Waals surface area contributed by atoms with Crippen LogP contribution in [0.15, 0.2) is 0 Å². The molecule has 2 fully saturated rings. The van der Waals surface area contributed by atoms with Gasteiger partial charge in [-0.3, -0.25) is 14.1 Å². The SMILES string of the molecule is CCN(CC)CC.F.F.F.[B][C@@H]1O[C@@]2(C(C)C)CO[C@@H]1[C@@H]2O[Si](C)(C)C(C)(C)C. The Hall–Kier alpha value is -0.0882. The van der Waals surface area contributed by atoms with Crippen LogP contribution >= 0.6 is 0 Å². The molecular weight excluding hydrogens is 398 g/mol. The summed E-state index contributed by atoms with van der Waals surface area (Å²) in [5, 5.41) is 0.178. The summed E-state index contributed by atoms with van der Waals surface area (Å²) in [5.74, 6) is 0.334. The molecule has 4 nitrogen and oxygen atoms in total. The number of nitrogens with zero attached hydrogens (tertiary/aromatic N) is 1. The van der Waals surface area contributed by atoms with E-state index < -0.39 is 8.32 Å². The van der Waals surface area contributed by atoms with Crippen molar-refractivity contribution < 1.29 is 28.0 Å². The Morgan fingerprint density at radius 2 is 1.52 bits per heavy atom. The standard InChI is InChI=1S/C14H27BO3Si.C6H15N.3FH/c1-9(2)14-8-16-10(12(15)17-14)11(14)18-19(6,7)13(3,4)5;1-4-7(5-2)6-3;;;/h9-12H,8H2,1-7H3;4-6H2,1-3H3;3*1H/t10-,11+,12-,14-;;;;/m1..../s1. The minimum Gasteiger partial charge on any atom is -0.408 e. The highest BCUT2D eigenvalue weighted by Crippen LogP contribution is 2.48. The van der Waals surface area contributed by atoms with E-state index >= 15 is 0 Å². The van der Waals surface area contributed by atoms with Crippen LogP contribution in [0.5, 0.6) is 0 Å². The van der Waals surface area contributed by atoms with Crippen molar-refractivity contribution >= 4 is 16.2 Å². The summed E-state index contributed by atoms with van der Waals surface area (Å²) in [6.07, 6.45) is -0.139. The first-order valence-corrected chi connectivity index (χ1v) is 13.2. The second-order valence-corrected chi connectivity index (χ2v) is 14.1. The highest BCUT2D eigenvalue weighted by molar-refractivity contribution is 6.74. The predicted octanol–water partition coefficient (Wildman–Crippen LogP) is 4.50. The van der Waals surface area contributed by atoms with E-state index in [1.54, 1.807) is 0 Å². The summed E-state index contributed by atoms with van der Waals surface area (Å²) in [4.78, 5) is 2.38. The van der Waals surface area contributed by atoms with Gasteiger partial charge < -0.3 is 18.8 Å². The molecule has 29 heavy (non-hydrogen) atoms. The van der Waals surface area contributed by atoms with Gasteiger partial charge in [-0.25, -0.2) is 0 Å². The number of fused-ring (bicyclic) bond motifs is 2. The Labute approximate surface area is 179 Å². The Morgan fingerprint density at radius 3 is 1.79 bits per heavy atom. The van der Waals surface area contributed by atoms with Gasteiger partial charge in [-0.15, -0.1) is 0 Å². The van der Waals surface area contributed by atoms with Crippen LogP contribution in [-0.4, -0.2) is 71.1 Å². The maximum atomic E-state index is 6.59. The fourth-order valence-electron chi connectivity index (χ4n) is 3.33. The third-order valence-electron chi connectivity index (χ3n) is 6.51. The third kappa shape index (κ3) is 7.23. The number of halogens is 3. The van der Waals surface area contributed by atoms with Crippen molar-refractivity contribution in [3.05, 3.63) is 0 Å². The molecule has 2 saturated heterocycles. The van der Waals surface area contributed by atoms with E-state index in [9.17, 15) is 0 Å². The van der Waals surface area contributed by atoms with Gasteiger partial charge in [0, 0.05) is 6.00 Å². The molecule has 176 valence electrons. The summed E-state index contributed by atoms with van der Waals surface area (Å²) >= 11 is 0. The topological polar surface area (TPSA) is 30.9 Å². The molecule has 0 spiro atoms. The molecule has 0 N–H and O–H groups in total. The largest absolute Gasteiger partial charge is 0.408 e. The van der Waals surface area contributed by atoms with Crippen molar-refractivity contribution in [2.75, 3.05) is 26.2 Å². The minimum absolute atomic E-state index is 0. The molecule has 0 aromatic heterocycles. The van der Waals surface area contributed by atoms with Gasteiger partial charge in [-0.05, 0) is 43.7 Å². The van der Waals surface area contributed by atoms with Crippen LogP contribution in [0.2, 0.25) is 18.1 Å². The highest BCUT2D eigenvalue weighted by atomic mass is 28.4. The Kier molecular flexibility index (Phi) is 14.7. The average Bonchev–Trinajstić information content (AvgIpc) is 3.00. The van der Waals surface area contributed by atoms with Crippen molar-refractivity contribution in [2.24, 2.45) is 5.92 Å². The van der Waals surface area contributed by atoms with Gasteiger partial charge in [0.05, 0.1) is 6.61 Å². The van der Waals surface area contributed by atoms with Crippen LogP contribution in [0.3, 0.4) is 0 Å². The van der Waals surface area contributed by atoms with Gasteiger partial charge in [0.25, 0.3) is 0 Å². The molecule has 2 aliphatic rings. The molecule has 0 unspecified atom stereocenters. The van der Waals surface area contributed by atoms with E-state index in [1.165, 1.54) is 19.6 Å². The van der Waals surface area contributed by atoms with Gasteiger partial charge in [0.15, 0.2) is 8.32 Å². The summed E-state index contributed by atoms with van der Waals surface area (Å²) in [5.41, 5.74) is -0.362. The molecule has 2 bridgehead atoms. The molecule has 0 aliphatic carbocycles. The molecule has 9 heteroatoms. The van der Waals surface area contributed by atoms with Gasteiger partial charge in [-0.1, -0.05) is 55.4 Å². The van der Waals surface area contributed by atoms with E-state index in [2.05, 4.69) is 73.4 Å². The van der Waals surface area contributed by atoms with Crippen LogP contribution in [0, 0.1) is 5.92 Å². The Bertz CT molecular complexity index is 446. The van der Waals surface area contributed by atoms with Crippen molar-refractivity contribution in [1.82, 2.24) is 4.90 Å². The second-order valence-electron chi connectivity index (χ2n) is 9.39. The fraction of sp³-hybridized carbons (Fsp3) is 1.00. The number of hydrogen-bond acceptors (Lipinski definition) is 4. The number of ether oxygens (including phenoxy) is 2. The van der Waals surface area contributed by atoms with Gasteiger partial charge in [0.2, 0.25) is 0 Å². The lowest BCUT2D eigenvalue weighted by Gasteiger charge is -2.42. The molecule has 2 heterocycles. The van der Waals surface area contributed by atoms with E-state index in [0.29, 0.717) is 12.5 Å². The predicted molar refractivity (Wildman–Crippen MR) is 121 cm³/mol. The first-order chi connectivity index (χ1) is 11.9. The summed E-state index contributed by atoms with van der Waals surface area (Å²) in [6.45, 7) is 26.3. The fourth-order valence-corrected chi connectivity index (χ4v) is 4.65. The first-order valence-electron chi connectivity index (χ1n) is 10.3. The normalized spacial score (nSPS) is 28.2. The van der Waals surface area contributed by atoms with E-state index in [4.69, 9.17) is 21.7 Å². The molecule has 2 aliphatic heterocycles. The maximum Gasteiger partial charge on any atom is 0.192 e. The first kappa shape index (κ1) is 33.5. The van der Waals surface area contributed by atoms with Crippen LogP contribution in [0.1, 0.15) is 55.4 Å². The van der Waals surface area contributed by atoms with Crippen molar-refractivity contribution in [2.45, 2.75) is 97.3 Å². The van der Waals surface area contributed by atoms with Crippen molar-refractivity contribution in [3.8, 4) is 0 Å². The second kappa shape index (κ2) is 12.7. The molecule has 0 saturated carbocycles. The lowest BCUT2D eigenvalue weighted by Crippen LogP contribution is -2.53. The molecular formula is C20H45BF3NO3Si. The van der Waals surface area contributed by atoms with E-state index in [0.717, 1.165) is 0 Å². The number of hydrogen-bond donors (Lipinski definition) is 0. The summed E-state index contributed by atoms with van der Waals surface area (Å²) in [7, 11) is 4.20. The Balaban J connectivity index is -0.000000591. The molecule has 4 atom stereocenters. The molecule has 2 rings (SSSR count). The molecule has 0 aromatic rings. The quantitative estimate of drug-likeness (QED) is 0.566. The van der Waals surface area contributed by atoms with E-state index in [-0.39, 0.29) is 43.0 Å². The average molecular weight is 443 g/mol. The van der Waals surface area contributed by atoms with Gasteiger partial charge >= 0.3 is 0 Å². The van der Waals surface area contributed by atoms with E-state index in [1.807, 2.05) is 0 Å².